The van der Waals surface area contributed by atoms with E-state index in [1.807, 2.05) is 20.8 Å². The van der Waals surface area contributed by atoms with Crippen molar-refractivity contribution in [3.8, 4) is 11.5 Å². The van der Waals surface area contributed by atoms with Crippen LogP contribution in [0.3, 0.4) is 0 Å². The van der Waals surface area contributed by atoms with Gasteiger partial charge in [0.15, 0.2) is 6.10 Å². The quantitative estimate of drug-likeness (QED) is 0.474. The van der Waals surface area contributed by atoms with E-state index in [1.165, 1.54) is 6.92 Å². The average molecular weight is 425 g/mol. The fraction of sp³-hybridized carbons (Fsp3) is 0.333. The topological polar surface area (TPSA) is 61.8 Å². The Morgan fingerprint density at radius 1 is 0.929 bits per heavy atom. The molecular formula is C21H22Cl2O5. The number of carbonyl (C=O) groups excluding carboxylic acids is 2. The third-order valence-corrected chi connectivity index (χ3v) is 5.34. The molecule has 2 aromatic rings. The van der Waals surface area contributed by atoms with Crippen LogP contribution in [-0.2, 0) is 14.3 Å². The third kappa shape index (κ3) is 5.47. The van der Waals surface area contributed by atoms with E-state index in [1.54, 1.807) is 31.2 Å². The standard InChI is InChI=1S/C21H22Cl2O5/c1-11-6-7-17(14(4)20(11)23)28-18(24)10-26-15(5)21(25)27-16-8-12(2)19(22)13(3)9-16/h6-9,15H,10H2,1-5H3/t15-/m0/s1. The summed E-state index contributed by atoms with van der Waals surface area (Å²) in [5, 5.41) is 1.16. The molecule has 0 bridgehead atoms. The number of hydrogen-bond acceptors (Lipinski definition) is 5. The Hall–Kier alpha value is -2.08. The molecule has 7 heteroatoms. The van der Waals surface area contributed by atoms with Gasteiger partial charge in [-0.05, 0) is 69.5 Å². The molecule has 0 N–H and O–H groups in total. The second-order valence-corrected chi connectivity index (χ2v) is 7.29. The first-order chi connectivity index (χ1) is 13.1. The SMILES string of the molecule is Cc1cc(OC(=O)[C@H](C)OCC(=O)Oc2ccc(C)c(Cl)c2C)cc(C)c1Cl. The van der Waals surface area contributed by atoms with E-state index >= 15 is 0 Å². The van der Waals surface area contributed by atoms with Gasteiger partial charge in [-0.1, -0.05) is 29.3 Å². The minimum Gasteiger partial charge on any atom is -0.425 e. The Labute approximate surface area is 174 Å². The molecule has 1 atom stereocenters. The zero-order valence-corrected chi connectivity index (χ0v) is 17.9. The molecule has 0 amide bonds. The maximum atomic E-state index is 12.2. The van der Waals surface area contributed by atoms with Crippen LogP contribution >= 0.6 is 23.2 Å². The summed E-state index contributed by atoms with van der Waals surface area (Å²) < 4.78 is 15.8. The average Bonchev–Trinajstić information content (AvgIpc) is 2.64. The molecule has 0 aromatic heterocycles. The van der Waals surface area contributed by atoms with Crippen LogP contribution < -0.4 is 9.47 Å². The molecule has 2 rings (SSSR count). The molecule has 0 fully saturated rings. The van der Waals surface area contributed by atoms with Crippen LogP contribution in [0.15, 0.2) is 24.3 Å². The lowest BCUT2D eigenvalue weighted by molar-refractivity contribution is -0.152. The highest BCUT2D eigenvalue weighted by Gasteiger charge is 2.19. The van der Waals surface area contributed by atoms with E-state index in [0.29, 0.717) is 27.1 Å². The molecule has 0 radical (unpaired) electrons. The number of rotatable bonds is 6. The number of esters is 2. The van der Waals surface area contributed by atoms with Crippen LogP contribution in [0.4, 0.5) is 0 Å². The predicted octanol–water partition coefficient (Wildman–Crippen LogP) is 5.14. The van der Waals surface area contributed by atoms with Gasteiger partial charge in [0, 0.05) is 10.6 Å². The van der Waals surface area contributed by atoms with Crippen molar-refractivity contribution in [3.05, 3.63) is 56.6 Å². The highest BCUT2D eigenvalue weighted by atomic mass is 35.5. The number of hydrogen-bond donors (Lipinski definition) is 0. The zero-order valence-electron chi connectivity index (χ0n) is 16.4. The van der Waals surface area contributed by atoms with Crippen LogP contribution in [0.1, 0.15) is 29.2 Å². The maximum absolute atomic E-state index is 12.2. The van der Waals surface area contributed by atoms with Crippen molar-refractivity contribution in [3.63, 3.8) is 0 Å². The number of carbonyl (C=O) groups is 2. The van der Waals surface area contributed by atoms with Gasteiger partial charge in [-0.3, -0.25) is 0 Å². The maximum Gasteiger partial charge on any atom is 0.340 e. The summed E-state index contributed by atoms with van der Waals surface area (Å²) in [5.41, 5.74) is 3.15. The van der Waals surface area contributed by atoms with Gasteiger partial charge in [-0.25, -0.2) is 9.59 Å². The van der Waals surface area contributed by atoms with E-state index in [-0.39, 0.29) is 0 Å². The van der Waals surface area contributed by atoms with Crippen LogP contribution in [0, 0.1) is 27.7 Å². The highest BCUT2D eigenvalue weighted by Crippen LogP contribution is 2.29. The Balaban J connectivity index is 1.91. The Morgan fingerprint density at radius 3 is 2.14 bits per heavy atom. The first-order valence-corrected chi connectivity index (χ1v) is 9.42. The molecule has 0 aliphatic rings. The monoisotopic (exact) mass is 424 g/mol. The molecule has 0 spiro atoms. The van der Waals surface area contributed by atoms with Crippen LogP contribution in [0.25, 0.3) is 0 Å². The van der Waals surface area contributed by atoms with Crippen molar-refractivity contribution in [1.29, 1.82) is 0 Å². The van der Waals surface area contributed by atoms with Crippen LogP contribution in [0.5, 0.6) is 11.5 Å². The molecule has 150 valence electrons. The largest absolute Gasteiger partial charge is 0.425 e. The fourth-order valence-electron chi connectivity index (χ4n) is 2.49. The number of ether oxygens (including phenoxy) is 3. The second-order valence-electron chi connectivity index (χ2n) is 6.54. The molecule has 0 saturated heterocycles. The highest BCUT2D eigenvalue weighted by molar-refractivity contribution is 6.32. The summed E-state index contributed by atoms with van der Waals surface area (Å²) in [6, 6.07) is 6.75. The fourth-order valence-corrected chi connectivity index (χ4v) is 2.76. The van der Waals surface area contributed by atoms with E-state index < -0.39 is 24.6 Å². The molecule has 28 heavy (non-hydrogen) atoms. The normalized spacial score (nSPS) is 11.8. The molecule has 0 saturated carbocycles. The van der Waals surface area contributed by atoms with Crippen molar-refractivity contribution in [1.82, 2.24) is 0 Å². The van der Waals surface area contributed by atoms with Gasteiger partial charge >= 0.3 is 11.9 Å². The first kappa shape index (κ1) is 22.2. The van der Waals surface area contributed by atoms with Crippen LogP contribution in [-0.4, -0.2) is 24.6 Å². The van der Waals surface area contributed by atoms with Gasteiger partial charge in [0.2, 0.25) is 0 Å². The lowest BCUT2D eigenvalue weighted by atomic mass is 10.1. The Kier molecular flexibility index (Phi) is 7.47. The van der Waals surface area contributed by atoms with Crippen LogP contribution in [0.2, 0.25) is 10.0 Å². The molecule has 0 unspecified atom stereocenters. The van der Waals surface area contributed by atoms with Crippen molar-refractivity contribution in [2.45, 2.75) is 40.7 Å². The third-order valence-electron chi connectivity index (χ3n) is 4.17. The molecule has 0 aliphatic heterocycles. The molecule has 2 aromatic carbocycles. The number of aryl methyl sites for hydroxylation is 3. The van der Waals surface area contributed by atoms with Crippen molar-refractivity contribution < 1.29 is 23.8 Å². The van der Waals surface area contributed by atoms with E-state index in [2.05, 4.69) is 0 Å². The Bertz CT molecular complexity index is 885. The van der Waals surface area contributed by atoms with Gasteiger partial charge < -0.3 is 14.2 Å². The lowest BCUT2D eigenvalue weighted by Gasteiger charge is -2.14. The summed E-state index contributed by atoms with van der Waals surface area (Å²) >= 11 is 12.3. The van der Waals surface area contributed by atoms with E-state index in [9.17, 15) is 9.59 Å². The summed E-state index contributed by atoms with van der Waals surface area (Å²) in [6.45, 7) is 8.36. The van der Waals surface area contributed by atoms with Gasteiger partial charge in [-0.15, -0.1) is 0 Å². The summed E-state index contributed by atoms with van der Waals surface area (Å²) in [4.78, 5) is 24.2. The van der Waals surface area contributed by atoms with Crippen molar-refractivity contribution >= 4 is 35.1 Å². The Morgan fingerprint density at radius 2 is 1.54 bits per heavy atom. The van der Waals surface area contributed by atoms with E-state index in [4.69, 9.17) is 37.4 Å². The lowest BCUT2D eigenvalue weighted by Crippen LogP contribution is -2.29. The first-order valence-electron chi connectivity index (χ1n) is 8.66. The molecular weight excluding hydrogens is 403 g/mol. The predicted molar refractivity (Wildman–Crippen MR) is 109 cm³/mol. The van der Waals surface area contributed by atoms with Gasteiger partial charge in [0.1, 0.15) is 18.1 Å². The smallest absolute Gasteiger partial charge is 0.340 e. The minimum absolute atomic E-state index is 0.353. The second kappa shape index (κ2) is 9.41. The van der Waals surface area contributed by atoms with E-state index in [0.717, 1.165) is 16.7 Å². The van der Waals surface area contributed by atoms with Gasteiger partial charge in [0.05, 0.1) is 5.02 Å². The van der Waals surface area contributed by atoms with Gasteiger partial charge in [-0.2, -0.15) is 0 Å². The summed E-state index contributed by atoms with van der Waals surface area (Å²) in [6.07, 6.45) is -0.952. The molecule has 0 heterocycles. The number of halogens is 2. The van der Waals surface area contributed by atoms with Crippen molar-refractivity contribution in [2.24, 2.45) is 0 Å². The summed E-state index contributed by atoms with van der Waals surface area (Å²) in [5.74, 6) is -0.539. The van der Waals surface area contributed by atoms with Crippen molar-refractivity contribution in [2.75, 3.05) is 6.61 Å². The zero-order chi connectivity index (χ0) is 21.0. The van der Waals surface area contributed by atoms with Gasteiger partial charge in [0.25, 0.3) is 0 Å². The molecule has 5 nitrogen and oxygen atoms in total. The number of benzene rings is 2. The molecule has 0 aliphatic carbocycles. The minimum atomic E-state index is -0.952. The summed E-state index contributed by atoms with van der Waals surface area (Å²) in [7, 11) is 0.